The highest BCUT2D eigenvalue weighted by Crippen LogP contribution is 2.15. The molecule has 18 heavy (non-hydrogen) atoms. The van der Waals surface area contributed by atoms with E-state index < -0.39 is 0 Å². The monoisotopic (exact) mass is 249 g/mol. The van der Waals surface area contributed by atoms with Crippen LogP contribution in [0.1, 0.15) is 6.92 Å². The molecule has 0 aliphatic carbocycles. The Labute approximate surface area is 109 Å². The molecule has 1 aliphatic rings. The third-order valence-corrected chi connectivity index (χ3v) is 3.13. The number of hydrogen-bond acceptors (Lipinski definition) is 4. The second-order valence-electron chi connectivity index (χ2n) is 4.48. The topological polar surface area (TPSA) is 36.5 Å². The molecule has 2 rings (SSSR count). The normalized spacial score (nSPS) is 16.5. The van der Waals surface area contributed by atoms with Gasteiger partial charge in [0, 0.05) is 45.0 Å². The van der Waals surface area contributed by atoms with E-state index in [4.69, 9.17) is 4.74 Å². The second-order valence-corrected chi connectivity index (χ2v) is 4.48. The number of ether oxygens (including phenoxy) is 1. The van der Waals surface area contributed by atoms with Crippen LogP contribution in [0.25, 0.3) is 0 Å². The smallest absolute Gasteiger partial charge is 0.119 e. The SMILES string of the molecule is CCOc1ccc(NCCN2CCNCC2)cc1. The van der Waals surface area contributed by atoms with Crippen LogP contribution in [-0.4, -0.2) is 50.8 Å². The molecule has 1 aliphatic heterocycles. The van der Waals surface area contributed by atoms with E-state index in [2.05, 4.69) is 27.7 Å². The van der Waals surface area contributed by atoms with Crippen LogP contribution in [0.5, 0.6) is 5.75 Å². The molecule has 0 aromatic heterocycles. The van der Waals surface area contributed by atoms with Gasteiger partial charge in [0.15, 0.2) is 0 Å². The van der Waals surface area contributed by atoms with Crippen molar-refractivity contribution < 1.29 is 4.74 Å². The van der Waals surface area contributed by atoms with Crippen molar-refractivity contribution in [1.82, 2.24) is 10.2 Å². The number of piperazine rings is 1. The van der Waals surface area contributed by atoms with Crippen LogP contribution in [0, 0.1) is 0 Å². The summed E-state index contributed by atoms with van der Waals surface area (Å²) < 4.78 is 5.42. The molecule has 0 unspecified atom stereocenters. The molecule has 1 aromatic carbocycles. The van der Waals surface area contributed by atoms with Crippen LogP contribution < -0.4 is 15.4 Å². The molecule has 1 saturated heterocycles. The lowest BCUT2D eigenvalue weighted by molar-refractivity contribution is 0.249. The zero-order chi connectivity index (χ0) is 12.6. The summed E-state index contributed by atoms with van der Waals surface area (Å²) in [6.45, 7) is 9.36. The van der Waals surface area contributed by atoms with Gasteiger partial charge in [0.2, 0.25) is 0 Å². The maximum absolute atomic E-state index is 5.42. The quantitative estimate of drug-likeness (QED) is 0.799. The molecule has 1 aromatic rings. The molecule has 0 atom stereocenters. The lowest BCUT2D eigenvalue weighted by Crippen LogP contribution is -2.45. The molecule has 4 nitrogen and oxygen atoms in total. The summed E-state index contributed by atoms with van der Waals surface area (Å²) in [6.07, 6.45) is 0. The van der Waals surface area contributed by atoms with Gasteiger partial charge < -0.3 is 15.4 Å². The fraction of sp³-hybridized carbons (Fsp3) is 0.571. The predicted molar refractivity (Wildman–Crippen MR) is 75.4 cm³/mol. The Bertz CT molecular complexity index is 333. The third-order valence-electron chi connectivity index (χ3n) is 3.13. The van der Waals surface area contributed by atoms with Crippen LogP contribution in [0.2, 0.25) is 0 Å². The van der Waals surface area contributed by atoms with Crippen molar-refractivity contribution in [1.29, 1.82) is 0 Å². The van der Waals surface area contributed by atoms with E-state index >= 15 is 0 Å². The minimum atomic E-state index is 0.718. The van der Waals surface area contributed by atoms with E-state index in [-0.39, 0.29) is 0 Å². The Hall–Kier alpha value is -1.26. The van der Waals surface area contributed by atoms with E-state index in [0.29, 0.717) is 0 Å². The van der Waals surface area contributed by atoms with E-state index in [1.54, 1.807) is 0 Å². The van der Waals surface area contributed by atoms with Crippen LogP contribution >= 0.6 is 0 Å². The minimum Gasteiger partial charge on any atom is -0.494 e. The number of anilines is 1. The minimum absolute atomic E-state index is 0.718. The maximum Gasteiger partial charge on any atom is 0.119 e. The molecule has 0 amide bonds. The van der Waals surface area contributed by atoms with Gasteiger partial charge in [0.25, 0.3) is 0 Å². The highest BCUT2D eigenvalue weighted by molar-refractivity contribution is 5.46. The van der Waals surface area contributed by atoms with E-state index in [1.807, 2.05) is 19.1 Å². The van der Waals surface area contributed by atoms with Gasteiger partial charge in [-0.25, -0.2) is 0 Å². The largest absolute Gasteiger partial charge is 0.494 e. The number of nitrogens with zero attached hydrogens (tertiary/aromatic N) is 1. The van der Waals surface area contributed by atoms with E-state index in [9.17, 15) is 0 Å². The lowest BCUT2D eigenvalue weighted by Gasteiger charge is -2.27. The van der Waals surface area contributed by atoms with Crippen LogP contribution in [0.4, 0.5) is 5.69 Å². The molecule has 4 heteroatoms. The first-order chi connectivity index (χ1) is 8.88. The van der Waals surface area contributed by atoms with E-state index in [1.165, 1.54) is 0 Å². The molecule has 0 spiro atoms. The van der Waals surface area contributed by atoms with Gasteiger partial charge in [-0.05, 0) is 31.2 Å². The van der Waals surface area contributed by atoms with Gasteiger partial charge in [-0.15, -0.1) is 0 Å². The van der Waals surface area contributed by atoms with Crippen molar-refractivity contribution in [2.75, 3.05) is 51.2 Å². The summed E-state index contributed by atoms with van der Waals surface area (Å²) in [6, 6.07) is 8.17. The Kier molecular flexibility index (Phi) is 5.30. The number of benzene rings is 1. The summed E-state index contributed by atoms with van der Waals surface area (Å²) in [5.74, 6) is 0.935. The average molecular weight is 249 g/mol. The summed E-state index contributed by atoms with van der Waals surface area (Å²) in [5, 5.41) is 6.81. The highest BCUT2D eigenvalue weighted by Gasteiger charge is 2.07. The number of hydrogen-bond donors (Lipinski definition) is 2. The predicted octanol–water partition coefficient (Wildman–Crippen LogP) is 1.40. The van der Waals surface area contributed by atoms with Crippen LogP contribution in [0.3, 0.4) is 0 Å². The molecule has 2 N–H and O–H groups in total. The Morgan fingerprint density at radius 1 is 1.22 bits per heavy atom. The molecular weight excluding hydrogens is 226 g/mol. The maximum atomic E-state index is 5.42. The summed E-state index contributed by atoms with van der Waals surface area (Å²) >= 11 is 0. The summed E-state index contributed by atoms with van der Waals surface area (Å²) in [5.41, 5.74) is 1.16. The van der Waals surface area contributed by atoms with Crippen LogP contribution in [0.15, 0.2) is 24.3 Å². The zero-order valence-corrected chi connectivity index (χ0v) is 11.1. The van der Waals surface area contributed by atoms with Crippen molar-refractivity contribution in [3.05, 3.63) is 24.3 Å². The fourth-order valence-electron chi connectivity index (χ4n) is 2.13. The van der Waals surface area contributed by atoms with Crippen molar-refractivity contribution in [3.8, 4) is 5.75 Å². The Morgan fingerprint density at radius 3 is 2.61 bits per heavy atom. The van der Waals surface area contributed by atoms with Gasteiger partial charge >= 0.3 is 0 Å². The summed E-state index contributed by atoms with van der Waals surface area (Å²) in [4.78, 5) is 2.48. The molecule has 0 radical (unpaired) electrons. The van der Waals surface area contributed by atoms with Crippen LogP contribution in [-0.2, 0) is 0 Å². The third kappa shape index (κ3) is 4.20. The highest BCUT2D eigenvalue weighted by atomic mass is 16.5. The van der Waals surface area contributed by atoms with Gasteiger partial charge in [-0.1, -0.05) is 0 Å². The van der Waals surface area contributed by atoms with Gasteiger partial charge in [0.1, 0.15) is 5.75 Å². The Morgan fingerprint density at radius 2 is 1.94 bits per heavy atom. The van der Waals surface area contributed by atoms with Gasteiger partial charge in [-0.3, -0.25) is 4.90 Å². The number of rotatable bonds is 6. The van der Waals surface area contributed by atoms with Crippen molar-refractivity contribution in [2.45, 2.75) is 6.92 Å². The average Bonchev–Trinajstić information content (AvgIpc) is 2.42. The molecule has 0 saturated carbocycles. The second kappa shape index (κ2) is 7.24. The first kappa shape index (κ1) is 13.2. The van der Waals surface area contributed by atoms with Crippen molar-refractivity contribution >= 4 is 5.69 Å². The van der Waals surface area contributed by atoms with Gasteiger partial charge in [-0.2, -0.15) is 0 Å². The Balaban J connectivity index is 1.69. The molecule has 0 bridgehead atoms. The van der Waals surface area contributed by atoms with E-state index in [0.717, 1.165) is 57.3 Å². The summed E-state index contributed by atoms with van der Waals surface area (Å²) in [7, 11) is 0. The molecule has 1 heterocycles. The molecular formula is C14H23N3O. The molecule has 100 valence electrons. The standard InChI is InChI=1S/C14H23N3O/c1-2-18-14-5-3-13(4-6-14)16-9-12-17-10-7-15-8-11-17/h3-6,15-16H,2,7-12H2,1H3. The van der Waals surface area contributed by atoms with Crippen molar-refractivity contribution in [2.24, 2.45) is 0 Å². The number of nitrogens with one attached hydrogen (secondary N) is 2. The van der Waals surface area contributed by atoms with Gasteiger partial charge in [0.05, 0.1) is 6.61 Å². The van der Waals surface area contributed by atoms with Crippen molar-refractivity contribution in [3.63, 3.8) is 0 Å². The zero-order valence-electron chi connectivity index (χ0n) is 11.1. The fourth-order valence-corrected chi connectivity index (χ4v) is 2.13. The first-order valence-electron chi connectivity index (χ1n) is 6.78. The molecule has 1 fully saturated rings. The lowest BCUT2D eigenvalue weighted by atomic mass is 10.3. The first-order valence-corrected chi connectivity index (χ1v) is 6.78.